The highest BCUT2D eigenvalue weighted by molar-refractivity contribution is 9.10. The van der Waals surface area contributed by atoms with Crippen LogP contribution in [-0.4, -0.2) is 9.78 Å². The Bertz CT molecular complexity index is 363. The van der Waals surface area contributed by atoms with Crippen molar-refractivity contribution in [3.63, 3.8) is 0 Å². The Morgan fingerprint density at radius 1 is 1.75 bits per heavy atom. The van der Waals surface area contributed by atoms with Gasteiger partial charge in [0.25, 0.3) is 0 Å². The highest BCUT2D eigenvalue weighted by Gasteiger charge is 2.41. The van der Waals surface area contributed by atoms with E-state index in [1.165, 1.54) is 12.1 Å². The lowest BCUT2D eigenvalue weighted by Gasteiger charge is -2.18. The van der Waals surface area contributed by atoms with Crippen molar-refractivity contribution in [2.24, 2.45) is 17.7 Å². The molecule has 0 aliphatic heterocycles. The van der Waals surface area contributed by atoms with E-state index in [1.807, 2.05) is 6.20 Å². The van der Waals surface area contributed by atoms with Gasteiger partial charge in [-0.1, -0.05) is 13.8 Å². The van der Waals surface area contributed by atoms with E-state index >= 15 is 0 Å². The molecule has 5 heteroatoms. The summed E-state index contributed by atoms with van der Waals surface area (Å²) in [6, 6.07) is 0.221. The predicted molar refractivity (Wildman–Crippen MR) is 67.6 cm³/mol. The number of hydrogen-bond donors (Lipinski definition) is 2. The Kier molecular flexibility index (Phi) is 3.66. The molecule has 1 aliphatic carbocycles. The molecule has 16 heavy (non-hydrogen) atoms. The Balaban J connectivity index is 2.25. The average molecular weight is 287 g/mol. The zero-order valence-electron chi connectivity index (χ0n) is 9.78. The van der Waals surface area contributed by atoms with Crippen LogP contribution in [0.3, 0.4) is 0 Å². The Labute approximate surface area is 105 Å². The van der Waals surface area contributed by atoms with Crippen LogP contribution >= 0.6 is 15.9 Å². The number of nitrogens with zero attached hydrogens (tertiary/aromatic N) is 2. The quantitative estimate of drug-likeness (QED) is 0.645. The fraction of sp³-hybridized carbons (Fsp3) is 0.727. The summed E-state index contributed by atoms with van der Waals surface area (Å²) in [5.74, 6) is 7.10. The topological polar surface area (TPSA) is 55.9 Å². The third kappa shape index (κ3) is 2.17. The molecule has 3 unspecified atom stereocenters. The number of aromatic nitrogens is 2. The van der Waals surface area contributed by atoms with Crippen molar-refractivity contribution in [3.8, 4) is 0 Å². The number of halogens is 1. The highest BCUT2D eigenvalue weighted by atomic mass is 79.9. The van der Waals surface area contributed by atoms with Gasteiger partial charge in [0.2, 0.25) is 0 Å². The normalized spacial score (nSPS) is 25.8. The van der Waals surface area contributed by atoms with Gasteiger partial charge in [-0.05, 0) is 40.6 Å². The molecule has 2 rings (SSSR count). The van der Waals surface area contributed by atoms with Crippen molar-refractivity contribution < 1.29 is 0 Å². The van der Waals surface area contributed by atoms with Crippen LogP contribution in [0.5, 0.6) is 0 Å². The van der Waals surface area contributed by atoms with Crippen LogP contribution < -0.4 is 11.3 Å². The average Bonchev–Trinajstić information content (AvgIpc) is 2.87. The van der Waals surface area contributed by atoms with Crippen LogP contribution in [0.15, 0.2) is 10.7 Å². The standard InChI is InChI=1S/C11H19BrN4/c1-3-4-16-11(9(12)6-14-16)10(15-13)8-5-7(8)2/h6-8,10,15H,3-5,13H2,1-2H3. The summed E-state index contributed by atoms with van der Waals surface area (Å²) in [6.45, 7) is 5.37. The van der Waals surface area contributed by atoms with Crippen LogP contribution in [0.25, 0.3) is 0 Å². The summed E-state index contributed by atoms with van der Waals surface area (Å²) in [4.78, 5) is 0. The maximum absolute atomic E-state index is 5.69. The summed E-state index contributed by atoms with van der Waals surface area (Å²) in [6.07, 6.45) is 4.19. The number of aryl methyl sites for hydroxylation is 1. The van der Waals surface area contributed by atoms with Crippen molar-refractivity contribution in [3.05, 3.63) is 16.4 Å². The molecule has 0 bridgehead atoms. The van der Waals surface area contributed by atoms with Crippen molar-refractivity contribution in [1.82, 2.24) is 15.2 Å². The second kappa shape index (κ2) is 4.85. The van der Waals surface area contributed by atoms with Gasteiger partial charge in [0, 0.05) is 6.54 Å². The lowest BCUT2D eigenvalue weighted by Crippen LogP contribution is -2.32. The third-order valence-corrected chi connectivity index (χ3v) is 3.95. The van der Waals surface area contributed by atoms with E-state index in [4.69, 9.17) is 5.84 Å². The van der Waals surface area contributed by atoms with E-state index in [0.717, 1.165) is 23.4 Å². The minimum Gasteiger partial charge on any atom is -0.271 e. The van der Waals surface area contributed by atoms with Gasteiger partial charge in [-0.15, -0.1) is 0 Å². The molecule has 0 saturated heterocycles. The summed E-state index contributed by atoms with van der Waals surface area (Å²) in [5.41, 5.74) is 4.14. The summed E-state index contributed by atoms with van der Waals surface area (Å²) in [7, 11) is 0. The number of nitrogens with one attached hydrogen (secondary N) is 1. The molecule has 1 aliphatic rings. The molecule has 0 radical (unpaired) electrons. The largest absolute Gasteiger partial charge is 0.271 e. The molecular formula is C11H19BrN4. The second-order valence-electron chi connectivity index (χ2n) is 4.62. The minimum atomic E-state index is 0.221. The molecule has 1 saturated carbocycles. The smallest absolute Gasteiger partial charge is 0.0712 e. The van der Waals surface area contributed by atoms with Gasteiger partial charge in [0.05, 0.1) is 22.4 Å². The SMILES string of the molecule is CCCn1ncc(Br)c1C(NN)C1CC1C. The molecular weight excluding hydrogens is 268 g/mol. The summed E-state index contributed by atoms with van der Waals surface area (Å²) >= 11 is 3.57. The van der Waals surface area contributed by atoms with Crippen molar-refractivity contribution >= 4 is 15.9 Å². The number of hydrogen-bond acceptors (Lipinski definition) is 3. The van der Waals surface area contributed by atoms with Crippen LogP contribution in [0, 0.1) is 11.8 Å². The molecule has 4 nitrogen and oxygen atoms in total. The van der Waals surface area contributed by atoms with E-state index in [9.17, 15) is 0 Å². The van der Waals surface area contributed by atoms with Gasteiger partial charge in [0.15, 0.2) is 0 Å². The molecule has 1 aromatic heterocycles. The Morgan fingerprint density at radius 2 is 2.44 bits per heavy atom. The summed E-state index contributed by atoms with van der Waals surface area (Å²) < 4.78 is 3.11. The third-order valence-electron chi connectivity index (χ3n) is 3.34. The van der Waals surface area contributed by atoms with Gasteiger partial charge in [0.1, 0.15) is 0 Å². The minimum absolute atomic E-state index is 0.221. The Morgan fingerprint density at radius 3 is 2.94 bits per heavy atom. The first-order valence-electron chi connectivity index (χ1n) is 5.86. The van der Waals surface area contributed by atoms with E-state index in [1.54, 1.807) is 0 Å². The van der Waals surface area contributed by atoms with Crippen LogP contribution in [0.1, 0.15) is 38.4 Å². The number of nitrogens with two attached hydrogens (primary N) is 1. The molecule has 0 amide bonds. The molecule has 90 valence electrons. The fourth-order valence-corrected chi connectivity index (χ4v) is 2.83. The second-order valence-corrected chi connectivity index (χ2v) is 5.48. The van der Waals surface area contributed by atoms with E-state index in [-0.39, 0.29) is 6.04 Å². The van der Waals surface area contributed by atoms with Gasteiger partial charge in [-0.3, -0.25) is 16.0 Å². The van der Waals surface area contributed by atoms with E-state index in [0.29, 0.717) is 5.92 Å². The van der Waals surface area contributed by atoms with Crippen molar-refractivity contribution in [2.45, 2.75) is 39.3 Å². The molecule has 3 N–H and O–H groups in total. The zero-order valence-corrected chi connectivity index (χ0v) is 11.4. The molecule has 3 atom stereocenters. The van der Waals surface area contributed by atoms with Crippen LogP contribution in [0.2, 0.25) is 0 Å². The van der Waals surface area contributed by atoms with Crippen LogP contribution in [-0.2, 0) is 6.54 Å². The number of hydrazine groups is 1. The van der Waals surface area contributed by atoms with Crippen molar-refractivity contribution in [1.29, 1.82) is 0 Å². The fourth-order valence-electron chi connectivity index (χ4n) is 2.29. The molecule has 0 aromatic carbocycles. The van der Waals surface area contributed by atoms with E-state index < -0.39 is 0 Å². The van der Waals surface area contributed by atoms with Gasteiger partial charge in [-0.25, -0.2) is 0 Å². The first-order valence-corrected chi connectivity index (χ1v) is 6.65. The lowest BCUT2D eigenvalue weighted by atomic mass is 10.1. The van der Waals surface area contributed by atoms with E-state index in [2.05, 4.69) is 45.0 Å². The summed E-state index contributed by atoms with van der Waals surface area (Å²) in [5, 5.41) is 4.38. The van der Waals surface area contributed by atoms with Gasteiger partial charge < -0.3 is 0 Å². The molecule has 1 heterocycles. The monoisotopic (exact) mass is 286 g/mol. The number of rotatable bonds is 5. The highest BCUT2D eigenvalue weighted by Crippen LogP contribution is 2.47. The molecule has 1 fully saturated rings. The maximum Gasteiger partial charge on any atom is 0.0712 e. The lowest BCUT2D eigenvalue weighted by molar-refractivity contribution is 0.427. The first kappa shape index (κ1) is 12.1. The van der Waals surface area contributed by atoms with Gasteiger partial charge in [-0.2, -0.15) is 5.10 Å². The zero-order chi connectivity index (χ0) is 11.7. The molecule has 0 spiro atoms. The van der Waals surface area contributed by atoms with Gasteiger partial charge >= 0.3 is 0 Å². The first-order chi connectivity index (χ1) is 7.69. The van der Waals surface area contributed by atoms with Crippen molar-refractivity contribution in [2.75, 3.05) is 0 Å². The molecule has 1 aromatic rings. The Hall–Kier alpha value is -0.390. The predicted octanol–water partition coefficient (Wildman–Crippen LogP) is 2.22. The maximum atomic E-state index is 5.69. The van der Waals surface area contributed by atoms with Crippen LogP contribution in [0.4, 0.5) is 0 Å².